The van der Waals surface area contributed by atoms with Gasteiger partial charge in [0.2, 0.25) is 0 Å². The molecule has 1 amide bonds. The van der Waals surface area contributed by atoms with E-state index in [9.17, 15) is 9.18 Å². The summed E-state index contributed by atoms with van der Waals surface area (Å²) in [6, 6.07) is 4.74. The molecule has 2 aliphatic carbocycles. The van der Waals surface area contributed by atoms with Crippen molar-refractivity contribution in [1.82, 2.24) is 9.88 Å². The Hall–Kier alpha value is -2.28. The number of aromatic nitrogens is 1. The van der Waals surface area contributed by atoms with E-state index in [-0.39, 0.29) is 17.5 Å². The number of carbonyl (C=O) groups is 1. The molecule has 152 valence electrons. The summed E-state index contributed by atoms with van der Waals surface area (Å²) < 4.78 is 18.9. The Labute approximate surface area is 174 Å². The van der Waals surface area contributed by atoms with Crippen LogP contribution in [0.15, 0.2) is 24.4 Å². The molecule has 1 aromatic heterocycles. The molecule has 29 heavy (non-hydrogen) atoms. The van der Waals surface area contributed by atoms with Gasteiger partial charge in [-0.1, -0.05) is 0 Å². The molecule has 2 unspecified atom stereocenters. The first-order valence-corrected chi connectivity index (χ1v) is 11.3. The fourth-order valence-corrected chi connectivity index (χ4v) is 5.88. The molecule has 1 aliphatic heterocycles. The van der Waals surface area contributed by atoms with E-state index in [0.29, 0.717) is 17.5 Å². The number of anilines is 2. The minimum absolute atomic E-state index is 0.0732. The van der Waals surface area contributed by atoms with Crippen molar-refractivity contribution in [3.63, 3.8) is 0 Å². The maximum atomic E-state index is 13.8. The zero-order valence-electron chi connectivity index (χ0n) is 16.4. The maximum Gasteiger partial charge on any atom is 0.272 e. The van der Waals surface area contributed by atoms with Gasteiger partial charge >= 0.3 is 0 Å². The van der Waals surface area contributed by atoms with Crippen LogP contribution in [0.25, 0.3) is 0 Å². The number of fused-ring (bicyclic) bond motifs is 5. The maximum absolute atomic E-state index is 13.8. The number of carbonyl (C=O) groups excluding carboxylic acids is 1. The minimum atomic E-state index is -0.388. The molecule has 2 fully saturated rings. The van der Waals surface area contributed by atoms with E-state index in [0.717, 1.165) is 60.8 Å². The number of thioether (sulfide) groups is 1. The molecule has 0 spiro atoms. The standard InChI is InChI=1S/C22H24FN3O2S/c1-28-18-11-15(4-5-16(18)23)25-17-12-24-21(22(27)26-6-8-29-9-7-26)20-14-3-2-13(10-14)19(17)20/h4-5,11-14,25H,2-3,6-10H2,1H3. The second-order valence-electron chi connectivity index (χ2n) is 7.93. The van der Waals surface area contributed by atoms with Crippen LogP contribution in [-0.2, 0) is 0 Å². The number of nitrogens with one attached hydrogen (secondary N) is 1. The van der Waals surface area contributed by atoms with Crippen LogP contribution in [0, 0.1) is 5.82 Å². The molecule has 1 saturated carbocycles. The fourth-order valence-electron chi connectivity index (χ4n) is 4.98. The smallest absolute Gasteiger partial charge is 0.272 e. The van der Waals surface area contributed by atoms with E-state index in [2.05, 4.69) is 10.3 Å². The molecule has 1 N–H and O–H groups in total. The van der Waals surface area contributed by atoms with E-state index >= 15 is 0 Å². The lowest BCUT2D eigenvalue weighted by Gasteiger charge is -2.28. The van der Waals surface area contributed by atoms with Gasteiger partial charge in [0.25, 0.3) is 5.91 Å². The average Bonchev–Trinajstić information content (AvgIpc) is 3.38. The third kappa shape index (κ3) is 3.25. The van der Waals surface area contributed by atoms with Gasteiger partial charge in [0, 0.05) is 36.3 Å². The summed E-state index contributed by atoms with van der Waals surface area (Å²) in [6.07, 6.45) is 5.15. The third-order valence-corrected chi connectivity index (χ3v) is 7.28. The van der Waals surface area contributed by atoms with Crippen LogP contribution in [0.3, 0.4) is 0 Å². The normalized spacial score (nSPS) is 22.5. The number of halogens is 1. The quantitative estimate of drug-likeness (QED) is 0.798. The summed E-state index contributed by atoms with van der Waals surface area (Å²) in [5.41, 5.74) is 4.69. The fraction of sp³-hybridized carbons (Fsp3) is 0.455. The van der Waals surface area contributed by atoms with Crippen LogP contribution < -0.4 is 10.1 Å². The Morgan fingerprint density at radius 3 is 2.76 bits per heavy atom. The van der Waals surface area contributed by atoms with Crippen molar-refractivity contribution in [1.29, 1.82) is 0 Å². The minimum Gasteiger partial charge on any atom is -0.494 e. The summed E-state index contributed by atoms with van der Waals surface area (Å²) >= 11 is 1.90. The number of nitrogens with zero attached hydrogens (tertiary/aromatic N) is 2. The number of pyridine rings is 1. The summed E-state index contributed by atoms with van der Waals surface area (Å²) in [6.45, 7) is 1.59. The lowest BCUT2D eigenvalue weighted by atomic mass is 9.89. The first-order chi connectivity index (χ1) is 14.2. The average molecular weight is 414 g/mol. The predicted octanol–water partition coefficient (Wildman–Crippen LogP) is 4.53. The van der Waals surface area contributed by atoms with Crippen molar-refractivity contribution in [2.45, 2.75) is 31.1 Å². The number of rotatable bonds is 4. The van der Waals surface area contributed by atoms with Gasteiger partial charge in [-0.25, -0.2) is 9.37 Å². The second-order valence-corrected chi connectivity index (χ2v) is 9.16. The lowest BCUT2D eigenvalue weighted by molar-refractivity contribution is 0.0764. The predicted molar refractivity (Wildman–Crippen MR) is 113 cm³/mol. The van der Waals surface area contributed by atoms with Gasteiger partial charge in [-0.15, -0.1) is 0 Å². The molecule has 5 nitrogen and oxygen atoms in total. The molecular formula is C22H24FN3O2S. The Kier molecular flexibility index (Phi) is 4.86. The molecular weight excluding hydrogens is 389 g/mol. The van der Waals surface area contributed by atoms with Gasteiger partial charge in [-0.3, -0.25) is 4.79 Å². The summed E-state index contributed by atoms with van der Waals surface area (Å²) in [7, 11) is 1.46. The number of hydrogen-bond donors (Lipinski definition) is 1. The number of amides is 1. The largest absolute Gasteiger partial charge is 0.494 e. The monoisotopic (exact) mass is 413 g/mol. The van der Waals surface area contributed by atoms with Crippen molar-refractivity contribution in [3.8, 4) is 5.75 Å². The van der Waals surface area contributed by atoms with Crippen molar-refractivity contribution >= 4 is 29.0 Å². The zero-order chi connectivity index (χ0) is 20.0. The Morgan fingerprint density at radius 1 is 1.24 bits per heavy atom. The highest BCUT2D eigenvalue weighted by Crippen LogP contribution is 2.56. The third-order valence-electron chi connectivity index (χ3n) is 6.34. The molecule has 5 rings (SSSR count). The number of methoxy groups -OCH3 is 1. The highest BCUT2D eigenvalue weighted by atomic mass is 32.2. The zero-order valence-corrected chi connectivity index (χ0v) is 17.2. The highest BCUT2D eigenvalue weighted by Gasteiger charge is 2.42. The molecule has 1 saturated heterocycles. The summed E-state index contributed by atoms with van der Waals surface area (Å²) in [4.78, 5) is 19.8. The second kappa shape index (κ2) is 7.52. The van der Waals surface area contributed by atoms with E-state index in [1.165, 1.54) is 18.7 Å². The SMILES string of the molecule is COc1cc(Nc2cnc(C(=O)N3CCSCC3)c3c2C2CCC3C2)ccc1F. The van der Waals surface area contributed by atoms with Gasteiger partial charge in [0.05, 0.1) is 19.0 Å². The van der Waals surface area contributed by atoms with E-state index in [1.54, 1.807) is 18.3 Å². The Balaban J connectivity index is 1.51. The van der Waals surface area contributed by atoms with Crippen LogP contribution in [0.5, 0.6) is 5.75 Å². The van der Waals surface area contributed by atoms with E-state index < -0.39 is 0 Å². The van der Waals surface area contributed by atoms with Crippen LogP contribution in [-0.4, -0.2) is 47.5 Å². The van der Waals surface area contributed by atoms with Crippen LogP contribution >= 0.6 is 11.8 Å². The van der Waals surface area contributed by atoms with Gasteiger partial charge in [0.1, 0.15) is 5.69 Å². The first kappa shape index (κ1) is 18.7. The van der Waals surface area contributed by atoms with Gasteiger partial charge in [-0.2, -0.15) is 11.8 Å². The van der Waals surface area contributed by atoms with Gasteiger partial charge in [0.15, 0.2) is 11.6 Å². The van der Waals surface area contributed by atoms with Crippen LogP contribution in [0.1, 0.15) is 52.7 Å². The Bertz CT molecular complexity index is 961. The highest BCUT2D eigenvalue weighted by molar-refractivity contribution is 7.99. The molecule has 1 aromatic carbocycles. The van der Waals surface area contributed by atoms with Crippen molar-refractivity contribution in [2.75, 3.05) is 37.0 Å². The molecule has 2 bridgehead atoms. The lowest BCUT2D eigenvalue weighted by Crippen LogP contribution is -2.39. The van der Waals surface area contributed by atoms with Gasteiger partial charge < -0.3 is 15.0 Å². The van der Waals surface area contributed by atoms with Crippen molar-refractivity contribution < 1.29 is 13.9 Å². The molecule has 7 heteroatoms. The topological polar surface area (TPSA) is 54.5 Å². The molecule has 2 aromatic rings. The number of benzene rings is 1. The van der Waals surface area contributed by atoms with Crippen LogP contribution in [0.2, 0.25) is 0 Å². The van der Waals surface area contributed by atoms with Crippen molar-refractivity contribution in [2.24, 2.45) is 0 Å². The number of hydrogen-bond acceptors (Lipinski definition) is 5. The number of ether oxygens (including phenoxy) is 1. The van der Waals surface area contributed by atoms with E-state index in [1.807, 2.05) is 16.7 Å². The van der Waals surface area contributed by atoms with E-state index in [4.69, 9.17) is 4.74 Å². The summed E-state index contributed by atoms with van der Waals surface area (Å²) in [5, 5.41) is 3.40. The first-order valence-electron chi connectivity index (χ1n) is 10.2. The Morgan fingerprint density at radius 2 is 2.00 bits per heavy atom. The van der Waals surface area contributed by atoms with Crippen LogP contribution in [0.4, 0.5) is 15.8 Å². The van der Waals surface area contributed by atoms with Gasteiger partial charge in [-0.05, 0) is 54.4 Å². The molecule has 3 aliphatic rings. The molecule has 2 atom stereocenters. The van der Waals surface area contributed by atoms with Crippen molar-refractivity contribution in [3.05, 3.63) is 47.0 Å². The molecule has 2 heterocycles. The molecule has 0 radical (unpaired) electrons. The summed E-state index contributed by atoms with van der Waals surface area (Å²) in [5.74, 6) is 2.76.